The molecule has 4 rings (SSSR count). The molecule has 0 aliphatic carbocycles. The van der Waals surface area contributed by atoms with Crippen LogP contribution in [-0.2, 0) is 11.3 Å². The molecule has 3 N–H and O–H groups in total. The number of nitrogens with zero attached hydrogens (tertiary/aromatic N) is 1. The first kappa shape index (κ1) is 17.3. The zero-order valence-corrected chi connectivity index (χ0v) is 15.7. The zero-order valence-electron chi connectivity index (χ0n) is 14.1. The summed E-state index contributed by atoms with van der Waals surface area (Å²) in [4.78, 5) is 40.3. The van der Waals surface area contributed by atoms with Crippen molar-refractivity contribution in [3.05, 3.63) is 64.3 Å². The molecule has 4 amide bonds. The van der Waals surface area contributed by atoms with Crippen LogP contribution in [0.2, 0.25) is 0 Å². The molecule has 1 aromatic heterocycles. The summed E-state index contributed by atoms with van der Waals surface area (Å²) in [6, 6.07) is 14.3. The molecule has 0 spiro atoms. The second-order valence-corrected chi connectivity index (χ2v) is 6.95. The van der Waals surface area contributed by atoms with Crippen LogP contribution in [0.3, 0.4) is 0 Å². The first-order chi connectivity index (χ1) is 13.0. The number of aromatic amines is 1. The molecule has 7 nitrogen and oxygen atoms in total. The smallest absolute Gasteiger partial charge is 0.324 e. The Bertz CT molecular complexity index is 1060. The van der Waals surface area contributed by atoms with Gasteiger partial charge in [0.15, 0.2) is 0 Å². The highest BCUT2D eigenvalue weighted by molar-refractivity contribution is 9.10. The molecule has 2 aromatic carbocycles. The highest BCUT2D eigenvalue weighted by atomic mass is 79.9. The number of urea groups is 1. The Balaban J connectivity index is 1.54. The number of imide groups is 1. The minimum Gasteiger partial charge on any atom is -0.350 e. The molecule has 1 fully saturated rings. The fourth-order valence-electron chi connectivity index (χ4n) is 3.00. The van der Waals surface area contributed by atoms with Crippen LogP contribution < -0.4 is 10.6 Å². The fourth-order valence-corrected chi connectivity index (χ4v) is 3.63. The largest absolute Gasteiger partial charge is 0.350 e. The van der Waals surface area contributed by atoms with E-state index < -0.39 is 6.03 Å². The topological polar surface area (TPSA) is 94.3 Å². The molecular formula is C19H15BrN4O3. The number of para-hydroxylation sites is 1. The second-order valence-electron chi connectivity index (χ2n) is 6.15. The molecule has 0 saturated carbocycles. The molecule has 0 radical (unpaired) electrons. The number of fused-ring (bicyclic) bond motifs is 1. The number of hydrogen-bond acceptors (Lipinski definition) is 3. The molecule has 136 valence electrons. The van der Waals surface area contributed by atoms with Crippen molar-refractivity contribution in [2.75, 3.05) is 11.9 Å². The third-order valence-electron chi connectivity index (χ3n) is 4.33. The number of H-pyrrole nitrogens is 1. The van der Waals surface area contributed by atoms with Gasteiger partial charge in [-0.2, -0.15) is 0 Å². The highest BCUT2D eigenvalue weighted by Crippen LogP contribution is 2.28. The SMILES string of the molecule is O=C(Nc1cccc(CN2C(=O)CNC2=O)c1)c1[nH]c2ccccc2c1Br. The maximum atomic E-state index is 12.7. The quantitative estimate of drug-likeness (QED) is 0.558. The number of hydrogen-bond donors (Lipinski definition) is 3. The van der Waals surface area contributed by atoms with Gasteiger partial charge in [0.05, 0.1) is 17.6 Å². The maximum absolute atomic E-state index is 12.7. The predicted octanol–water partition coefficient (Wildman–Crippen LogP) is 3.23. The monoisotopic (exact) mass is 426 g/mol. The maximum Gasteiger partial charge on any atom is 0.324 e. The Morgan fingerprint density at radius 2 is 1.96 bits per heavy atom. The van der Waals surface area contributed by atoms with E-state index >= 15 is 0 Å². The Labute approximate surface area is 162 Å². The van der Waals surface area contributed by atoms with Crippen molar-refractivity contribution in [2.45, 2.75) is 6.54 Å². The zero-order chi connectivity index (χ0) is 19.0. The van der Waals surface area contributed by atoms with Crippen molar-refractivity contribution in [1.29, 1.82) is 0 Å². The third-order valence-corrected chi connectivity index (χ3v) is 5.16. The molecule has 27 heavy (non-hydrogen) atoms. The van der Waals surface area contributed by atoms with Gasteiger partial charge in [0, 0.05) is 16.6 Å². The van der Waals surface area contributed by atoms with Crippen LogP contribution in [-0.4, -0.2) is 34.3 Å². The highest BCUT2D eigenvalue weighted by Gasteiger charge is 2.28. The molecule has 0 bridgehead atoms. The molecule has 3 aromatic rings. The molecule has 2 heterocycles. The van der Waals surface area contributed by atoms with E-state index in [9.17, 15) is 14.4 Å². The Morgan fingerprint density at radius 1 is 1.15 bits per heavy atom. The summed E-state index contributed by atoms with van der Waals surface area (Å²) in [5.74, 6) is -0.554. The van der Waals surface area contributed by atoms with Crippen LogP contribution in [0.1, 0.15) is 16.1 Å². The van der Waals surface area contributed by atoms with Gasteiger partial charge in [-0.3, -0.25) is 14.5 Å². The van der Waals surface area contributed by atoms with Crippen LogP contribution in [0.25, 0.3) is 10.9 Å². The lowest BCUT2D eigenvalue weighted by Crippen LogP contribution is -2.30. The molecule has 1 aliphatic rings. The van der Waals surface area contributed by atoms with E-state index in [0.29, 0.717) is 15.9 Å². The Hall–Kier alpha value is -3.13. The minimum absolute atomic E-state index is 0.0175. The minimum atomic E-state index is -0.406. The molecular weight excluding hydrogens is 412 g/mol. The van der Waals surface area contributed by atoms with Crippen LogP contribution in [0.5, 0.6) is 0 Å². The van der Waals surface area contributed by atoms with Crippen molar-refractivity contribution in [3.63, 3.8) is 0 Å². The van der Waals surface area contributed by atoms with Crippen molar-refractivity contribution in [1.82, 2.24) is 15.2 Å². The Morgan fingerprint density at radius 3 is 2.70 bits per heavy atom. The number of benzene rings is 2. The second kappa shape index (κ2) is 6.88. The average Bonchev–Trinajstić information content (AvgIpc) is 3.17. The van der Waals surface area contributed by atoms with Gasteiger partial charge in [0.25, 0.3) is 5.91 Å². The number of aromatic nitrogens is 1. The van der Waals surface area contributed by atoms with Gasteiger partial charge in [0.2, 0.25) is 5.91 Å². The summed E-state index contributed by atoms with van der Waals surface area (Å²) in [7, 11) is 0. The van der Waals surface area contributed by atoms with Gasteiger partial charge < -0.3 is 15.6 Å². The summed E-state index contributed by atoms with van der Waals surface area (Å²) in [5, 5.41) is 6.25. The van der Waals surface area contributed by atoms with E-state index in [2.05, 4.69) is 31.5 Å². The van der Waals surface area contributed by atoms with E-state index in [0.717, 1.165) is 21.4 Å². The standard InChI is InChI=1S/C19H15BrN4O3/c20-16-13-6-1-2-7-14(13)23-17(16)18(26)22-12-5-3-4-11(8-12)10-24-15(25)9-21-19(24)27/h1-8,23H,9-10H2,(H,21,27)(H,22,26). The van der Waals surface area contributed by atoms with Gasteiger partial charge in [-0.05, 0) is 39.7 Å². The first-order valence-corrected chi connectivity index (χ1v) is 9.07. The summed E-state index contributed by atoms with van der Waals surface area (Å²) in [6.07, 6.45) is 0. The van der Waals surface area contributed by atoms with Gasteiger partial charge in [-0.1, -0.05) is 30.3 Å². The van der Waals surface area contributed by atoms with E-state index in [1.165, 1.54) is 0 Å². The van der Waals surface area contributed by atoms with Crippen molar-refractivity contribution in [2.24, 2.45) is 0 Å². The number of carbonyl (C=O) groups is 3. The van der Waals surface area contributed by atoms with Crippen LogP contribution in [0.15, 0.2) is 53.0 Å². The average molecular weight is 427 g/mol. The number of halogens is 1. The summed E-state index contributed by atoms with van der Waals surface area (Å²) in [5.41, 5.74) is 2.61. The Kier molecular flexibility index (Phi) is 4.41. The summed E-state index contributed by atoms with van der Waals surface area (Å²) >= 11 is 3.47. The fraction of sp³-hybridized carbons (Fsp3) is 0.105. The van der Waals surface area contributed by atoms with Crippen molar-refractivity contribution < 1.29 is 14.4 Å². The number of anilines is 1. The molecule has 0 unspecified atom stereocenters. The third kappa shape index (κ3) is 3.31. The first-order valence-electron chi connectivity index (χ1n) is 8.27. The van der Waals surface area contributed by atoms with Crippen molar-refractivity contribution in [3.8, 4) is 0 Å². The summed E-state index contributed by atoms with van der Waals surface area (Å²) in [6.45, 7) is 0.175. The number of carbonyl (C=O) groups excluding carboxylic acids is 3. The number of nitrogens with one attached hydrogen (secondary N) is 3. The molecule has 1 aliphatic heterocycles. The molecule has 1 saturated heterocycles. The normalized spacial score (nSPS) is 13.9. The van der Waals surface area contributed by atoms with Crippen LogP contribution in [0, 0.1) is 0 Å². The number of amides is 4. The van der Waals surface area contributed by atoms with Gasteiger partial charge in [-0.25, -0.2) is 4.79 Å². The lowest BCUT2D eigenvalue weighted by atomic mass is 10.2. The summed E-state index contributed by atoms with van der Waals surface area (Å²) < 4.78 is 0.700. The van der Waals surface area contributed by atoms with Gasteiger partial charge in [0.1, 0.15) is 5.69 Å². The molecule has 8 heteroatoms. The predicted molar refractivity (Wildman–Crippen MR) is 104 cm³/mol. The van der Waals surface area contributed by atoms with E-state index in [4.69, 9.17) is 0 Å². The van der Waals surface area contributed by atoms with E-state index in [-0.39, 0.29) is 24.9 Å². The van der Waals surface area contributed by atoms with Gasteiger partial charge >= 0.3 is 6.03 Å². The van der Waals surface area contributed by atoms with Crippen molar-refractivity contribution >= 4 is 50.4 Å². The van der Waals surface area contributed by atoms with E-state index in [1.807, 2.05) is 24.3 Å². The number of rotatable bonds is 4. The van der Waals surface area contributed by atoms with Crippen LogP contribution in [0.4, 0.5) is 10.5 Å². The lowest BCUT2D eigenvalue weighted by Gasteiger charge is -2.13. The molecule has 0 atom stereocenters. The van der Waals surface area contributed by atoms with E-state index in [1.54, 1.807) is 24.3 Å². The van der Waals surface area contributed by atoms with Crippen LogP contribution >= 0.6 is 15.9 Å². The lowest BCUT2D eigenvalue weighted by molar-refractivity contribution is -0.125. The van der Waals surface area contributed by atoms with Gasteiger partial charge in [-0.15, -0.1) is 0 Å².